The lowest BCUT2D eigenvalue weighted by atomic mass is 9.62. The van der Waals surface area contributed by atoms with E-state index in [9.17, 15) is 8.78 Å². The SMILES string of the molecule is CC1C2CCC(CC2)C1Nc1nc(-c2c[nH]c3c(F)cc(F)cc23)nc2cc(Cl)ccc12. The molecule has 2 bridgehead atoms. The van der Waals surface area contributed by atoms with E-state index in [1.165, 1.54) is 31.7 Å². The molecule has 2 aromatic carbocycles. The Bertz CT molecular complexity index is 1340. The van der Waals surface area contributed by atoms with Crippen LogP contribution in [0.5, 0.6) is 0 Å². The van der Waals surface area contributed by atoms with E-state index in [2.05, 4.69) is 17.2 Å². The molecule has 2 aromatic heterocycles. The highest BCUT2D eigenvalue weighted by atomic mass is 35.5. The number of H-pyrrole nitrogens is 1. The van der Waals surface area contributed by atoms with Crippen LogP contribution < -0.4 is 5.32 Å². The van der Waals surface area contributed by atoms with Crippen LogP contribution in [0.15, 0.2) is 36.5 Å². The molecule has 3 fully saturated rings. The van der Waals surface area contributed by atoms with Crippen LogP contribution in [0, 0.1) is 29.4 Å². The average Bonchev–Trinajstić information content (AvgIpc) is 3.20. The maximum absolute atomic E-state index is 14.3. The maximum atomic E-state index is 14.3. The van der Waals surface area contributed by atoms with Gasteiger partial charge in [-0.25, -0.2) is 18.7 Å². The maximum Gasteiger partial charge on any atom is 0.164 e. The molecule has 0 spiro atoms. The summed E-state index contributed by atoms with van der Waals surface area (Å²) in [6.07, 6.45) is 6.74. The van der Waals surface area contributed by atoms with Gasteiger partial charge in [-0.15, -0.1) is 0 Å². The third-order valence-electron chi connectivity index (χ3n) is 7.54. The number of fused-ring (bicyclic) bond motifs is 5. The lowest BCUT2D eigenvalue weighted by molar-refractivity contribution is 0.0929. The minimum Gasteiger partial charge on any atom is -0.366 e. The molecule has 4 aromatic rings. The van der Waals surface area contributed by atoms with E-state index in [1.807, 2.05) is 12.1 Å². The lowest BCUT2D eigenvalue weighted by Crippen LogP contribution is -2.47. The number of benzene rings is 2. The van der Waals surface area contributed by atoms with Gasteiger partial charge in [-0.3, -0.25) is 0 Å². The predicted octanol–water partition coefficient (Wildman–Crippen LogP) is 6.95. The Morgan fingerprint density at radius 2 is 1.78 bits per heavy atom. The highest BCUT2D eigenvalue weighted by Gasteiger charge is 2.41. The average molecular weight is 453 g/mol. The first-order chi connectivity index (χ1) is 15.5. The molecule has 0 amide bonds. The summed E-state index contributed by atoms with van der Waals surface area (Å²) in [5.74, 6) is 1.83. The number of aromatic amines is 1. The Morgan fingerprint density at radius 3 is 2.56 bits per heavy atom. The molecule has 32 heavy (non-hydrogen) atoms. The molecule has 0 aliphatic heterocycles. The van der Waals surface area contributed by atoms with E-state index in [1.54, 1.807) is 12.3 Å². The van der Waals surface area contributed by atoms with Gasteiger partial charge in [0.2, 0.25) is 0 Å². The largest absolute Gasteiger partial charge is 0.366 e. The van der Waals surface area contributed by atoms with Gasteiger partial charge in [-0.1, -0.05) is 18.5 Å². The van der Waals surface area contributed by atoms with Gasteiger partial charge in [0.25, 0.3) is 0 Å². The second-order valence-corrected chi connectivity index (χ2v) is 9.71. The van der Waals surface area contributed by atoms with Crippen molar-refractivity contribution in [1.82, 2.24) is 15.0 Å². The second-order valence-electron chi connectivity index (χ2n) is 9.27. The van der Waals surface area contributed by atoms with E-state index in [-0.39, 0.29) is 5.52 Å². The van der Waals surface area contributed by atoms with Crippen LogP contribution in [-0.4, -0.2) is 21.0 Å². The normalized spacial score (nSPS) is 25.0. The van der Waals surface area contributed by atoms with Gasteiger partial charge in [0, 0.05) is 39.7 Å². The van der Waals surface area contributed by atoms with Crippen molar-refractivity contribution in [2.75, 3.05) is 5.32 Å². The van der Waals surface area contributed by atoms with Gasteiger partial charge in [-0.05, 0) is 67.7 Å². The quantitative estimate of drug-likeness (QED) is 0.353. The summed E-state index contributed by atoms with van der Waals surface area (Å²) in [4.78, 5) is 12.5. The molecule has 0 radical (unpaired) electrons. The Balaban J connectivity index is 1.51. The fourth-order valence-corrected chi connectivity index (χ4v) is 6.00. The van der Waals surface area contributed by atoms with Crippen molar-refractivity contribution < 1.29 is 8.78 Å². The van der Waals surface area contributed by atoms with Crippen molar-refractivity contribution in [2.24, 2.45) is 17.8 Å². The van der Waals surface area contributed by atoms with Crippen molar-refractivity contribution in [3.8, 4) is 11.4 Å². The van der Waals surface area contributed by atoms with Crippen molar-refractivity contribution in [1.29, 1.82) is 0 Å². The minimum atomic E-state index is -0.638. The molecule has 7 rings (SSSR count). The minimum absolute atomic E-state index is 0.240. The van der Waals surface area contributed by atoms with Gasteiger partial charge in [0.1, 0.15) is 17.5 Å². The molecular formula is C25H23ClF2N4. The van der Waals surface area contributed by atoms with Gasteiger partial charge in [0.05, 0.1) is 11.0 Å². The number of aromatic nitrogens is 3. The Hall–Kier alpha value is -2.73. The molecule has 7 heteroatoms. The molecule has 2 unspecified atom stereocenters. The molecular weight excluding hydrogens is 430 g/mol. The Labute approximate surface area is 189 Å². The standard InChI is InChI=1S/C25H23ClF2N4/c1-12-13-2-4-14(5-3-13)22(12)31-24-17-7-6-15(26)8-21(17)30-25(32-24)19-11-29-23-18(19)9-16(27)10-20(23)28/h6-14,22,29H,2-5H2,1H3,(H,30,31,32). The number of rotatable bonds is 3. The predicted molar refractivity (Wildman–Crippen MR) is 124 cm³/mol. The zero-order chi connectivity index (χ0) is 22.0. The van der Waals surface area contributed by atoms with Crippen molar-refractivity contribution in [2.45, 2.75) is 38.6 Å². The number of hydrogen-bond acceptors (Lipinski definition) is 3. The number of nitrogens with zero attached hydrogens (tertiary/aromatic N) is 2. The number of nitrogens with one attached hydrogen (secondary N) is 2. The summed E-state index contributed by atoms with van der Waals surface area (Å²) in [6.45, 7) is 2.33. The lowest BCUT2D eigenvalue weighted by Gasteiger charge is -2.47. The zero-order valence-corrected chi connectivity index (χ0v) is 18.4. The van der Waals surface area contributed by atoms with Crippen LogP contribution in [0.4, 0.5) is 14.6 Å². The van der Waals surface area contributed by atoms with E-state index in [4.69, 9.17) is 21.6 Å². The Kier molecular flexibility index (Phi) is 4.61. The van der Waals surface area contributed by atoms with Crippen LogP contribution in [0.1, 0.15) is 32.6 Å². The van der Waals surface area contributed by atoms with E-state index in [0.717, 1.165) is 23.2 Å². The first-order valence-corrected chi connectivity index (χ1v) is 11.6. The Morgan fingerprint density at radius 1 is 1.00 bits per heavy atom. The molecule has 2 atom stereocenters. The zero-order valence-electron chi connectivity index (χ0n) is 17.6. The number of hydrogen-bond donors (Lipinski definition) is 2. The summed E-state index contributed by atoms with van der Waals surface area (Å²) in [7, 11) is 0. The van der Waals surface area contributed by atoms with Crippen molar-refractivity contribution >= 4 is 39.2 Å². The highest BCUT2D eigenvalue weighted by molar-refractivity contribution is 6.31. The van der Waals surface area contributed by atoms with Gasteiger partial charge >= 0.3 is 0 Å². The van der Waals surface area contributed by atoms with Crippen LogP contribution in [0.2, 0.25) is 5.02 Å². The van der Waals surface area contributed by atoms with Gasteiger partial charge in [0.15, 0.2) is 5.82 Å². The van der Waals surface area contributed by atoms with Crippen LogP contribution in [0.25, 0.3) is 33.2 Å². The number of anilines is 1. The van der Waals surface area contributed by atoms with E-state index < -0.39 is 11.6 Å². The van der Waals surface area contributed by atoms with Crippen LogP contribution >= 0.6 is 11.6 Å². The second kappa shape index (κ2) is 7.41. The van der Waals surface area contributed by atoms with Crippen LogP contribution in [-0.2, 0) is 0 Å². The third-order valence-corrected chi connectivity index (χ3v) is 7.78. The molecule has 2 N–H and O–H groups in total. The first kappa shape index (κ1) is 19.9. The summed E-state index contributed by atoms with van der Waals surface area (Å²) >= 11 is 6.27. The van der Waals surface area contributed by atoms with Crippen molar-refractivity contribution in [3.63, 3.8) is 0 Å². The molecule has 164 valence electrons. The molecule has 3 saturated carbocycles. The van der Waals surface area contributed by atoms with Crippen molar-refractivity contribution in [3.05, 3.63) is 53.2 Å². The molecule has 3 aliphatic carbocycles. The topological polar surface area (TPSA) is 53.6 Å². The van der Waals surface area contributed by atoms with Crippen LogP contribution in [0.3, 0.4) is 0 Å². The highest BCUT2D eigenvalue weighted by Crippen LogP contribution is 2.46. The summed E-state index contributed by atoms with van der Waals surface area (Å²) in [6, 6.07) is 8.11. The van der Waals surface area contributed by atoms with Gasteiger partial charge < -0.3 is 10.3 Å². The fourth-order valence-electron chi connectivity index (χ4n) is 5.83. The van der Waals surface area contributed by atoms with E-state index in [0.29, 0.717) is 45.2 Å². The number of halogens is 3. The molecule has 2 heterocycles. The molecule has 4 nitrogen and oxygen atoms in total. The van der Waals surface area contributed by atoms with E-state index >= 15 is 0 Å². The smallest absolute Gasteiger partial charge is 0.164 e. The summed E-state index contributed by atoms with van der Waals surface area (Å²) < 4.78 is 28.2. The summed E-state index contributed by atoms with van der Waals surface area (Å²) in [5, 5.41) is 5.63. The first-order valence-electron chi connectivity index (χ1n) is 11.2. The third kappa shape index (κ3) is 3.15. The monoisotopic (exact) mass is 452 g/mol. The van der Waals surface area contributed by atoms with Gasteiger partial charge in [-0.2, -0.15) is 0 Å². The molecule has 3 aliphatic rings. The summed E-state index contributed by atoms with van der Waals surface area (Å²) in [5.41, 5.74) is 1.50. The fraction of sp³-hybridized carbons (Fsp3) is 0.360. The molecule has 0 saturated heterocycles.